The molecule has 5 nitrogen and oxygen atoms in total. The van der Waals surface area contributed by atoms with Gasteiger partial charge in [-0.2, -0.15) is 0 Å². The van der Waals surface area contributed by atoms with E-state index >= 15 is 0 Å². The molecule has 0 aliphatic heterocycles. The van der Waals surface area contributed by atoms with Gasteiger partial charge in [-0.05, 0) is 37.5 Å². The standard InChI is InChI=1S/C14H19FN2O3/c1-10(2-7-13(18)19)17-14(20)16-9-8-11-3-5-12(15)6-4-11/h3-6,10H,2,7-9H2,1H3,(H,18,19)(H2,16,17,20). The molecular formula is C14H19FN2O3. The molecule has 0 bridgehead atoms. The van der Waals surface area contributed by atoms with E-state index in [0.29, 0.717) is 19.4 Å². The summed E-state index contributed by atoms with van der Waals surface area (Å²) in [5, 5.41) is 13.9. The van der Waals surface area contributed by atoms with Crippen LogP contribution in [0.1, 0.15) is 25.3 Å². The number of carbonyl (C=O) groups excluding carboxylic acids is 1. The first kappa shape index (κ1) is 15.9. The summed E-state index contributed by atoms with van der Waals surface area (Å²) in [5.41, 5.74) is 0.936. The van der Waals surface area contributed by atoms with E-state index in [0.717, 1.165) is 5.56 Å². The number of urea groups is 1. The van der Waals surface area contributed by atoms with Crippen molar-refractivity contribution in [2.75, 3.05) is 6.54 Å². The van der Waals surface area contributed by atoms with Gasteiger partial charge in [0.15, 0.2) is 0 Å². The van der Waals surface area contributed by atoms with Crippen LogP contribution in [0.4, 0.5) is 9.18 Å². The van der Waals surface area contributed by atoms with Crippen molar-refractivity contribution in [2.45, 2.75) is 32.2 Å². The average Bonchev–Trinajstić information content (AvgIpc) is 2.38. The summed E-state index contributed by atoms with van der Waals surface area (Å²) in [6.07, 6.45) is 1.02. The molecule has 0 aliphatic rings. The highest BCUT2D eigenvalue weighted by Gasteiger charge is 2.08. The topological polar surface area (TPSA) is 78.4 Å². The van der Waals surface area contributed by atoms with E-state index < -0.39 is 5.97 Å². The predicted molar refractivity (Wildman–Crippen MR) is 73.0 cm³/mol. The number of rotatable bonds is 7. The molecule has 110 valence electrons. The Morgan fingerprint density at radius 3 is 2.55 bits per heavy atom. The van der Waals surface area contributed by atoms with Crippen LogP contribution in [0.3, 0.4) is 0 Å². The maximum Gasteiger partial charge on any atom is 0.315 e. The molecule has 1 aromatic rings. The second-order valence-electron chi connectivity index (χ2n) is 4.61. The summed E-state index contributed by atoms with van der Waals surface area (Å²) in [4.78, 5) is 21.9. The highest BCUT2D eigenvalue weighted by atomic mass is 19.1. The molecule has 6 heteroatoms. The third kappa shape index (κ3) is 6.72. The fourth-order valence-corrected chi connectivity index (χ4v) is 1.66. The lowest BCUT2D eigenvalue weighted by atomic mass is 10.1. The Morgan fingerprint density at radius 1 is 1.30 bits per heavy atom. The first-order valence-corrected chi connectivity index (χ1v) is 6.48. The Labute approximate surface area is 117 Å². The molecule has 1 atom stereocenters. The molecule has 1 aromatic carbocycles. The Bertz CT molecular complexity index is 448. The van der Waals surface area contributed by atoms with E-state index in [1.54, 1.807) is 19.1 Å². The van der Waals surface area contributed by atoms with Crippen molar-refractivity contribution in [3.63, 3.8) is 0 Å². The number of carboxylic acid groups (broad SMARTS) is 1. The Balaban J connectivity index is 2.19. The Hall–Kier alpha value is -2.11. The SMILES string of the molecule is CC(CCC(=O)O)NC(=O)NCCc1ccc(F)cc1. The molecule has 0 fully saturated rings. The lowest BCUT2D eigenvalue weighted by molar-refractivity contribution is -0.137. The number of benzene rings is 1. The molecule has 0 aliphatic carbocycles. The number of amides is 2. The number of carboxylic acids is 1. The minimum Gasteiger partial charge on any atom is -0.481 e. The maximum absolute atomic E-state index is 12.7. The van der Waals surface area contributed by atoms with Crippen molar-refractivity contribution in [3.05, 3.63) is 35.6 Å². The fourth-order valence-electron chi connectivity index (χ4n) is 1.66. The normalized spacial score (nSPS) is 11.7. The summed E-state index contributed by atoms with van der Waals surface area (Å²) in [6, 6.07) is 5.57. The molecule has 0 spiro atoms. The predicted octanol–water partition coefficient (Wildman–Crippen LogP) is 1.92. The Morgan fingerprint density at radius 2 is 1.95 bits per heavy atom. The molecular weight excluding hydrogens is 263 g/mol. The molecule has 1 rings (SSSR count). The lowest BCUT2D eigenvalue weighted by Crippen LogP contribution is -2.41. The smallest absolute Gasteiger partial charge is 0.315 e. The first-order chi connectivity index (χ1) is 9.47. The molecule has 3 N–H and O–H groups in total. The number of hydrogen-bond donors (Lipinski definition) is 3. The van der Waals surface area contributed by atoms with Crippen molar-refractivity contribution in [1.29, 1.82) is 0 Å². The number of nitrogens with one attached hydrogen (secondary N) is 2. The van der Waals surface area contributed by atoms with Crippen LogP contribution < -0.4 is 10.6 Å². The van der Waals surface area contributed by atoms with Gasteiger partial charge in [0.1, 0.15) is 5.82 Å². The van der Waals surface area contributed by atoms with Crippen molar-refractivity contribution < 1.29 is 19.1 Å². The van der Waals surface area contributed by atoms with Crippen LogP contribution in [-0.2, 0) is 11.2 Å². The van der Waals surface area contributed by atoms with E-state index in [9.17, 15) is 14.0 Å². The molecule has 0 aromatic heterocycles. The number of aliphatic carboxylic acids is 1. The second kappa shape index (κ2) is 8.14. The van der Waals surface area contributed by atoms with Gasteiger partial charge in [-0.3, -0.25) is 4.79 Å². The number of halogens is 1. The molecule has 1 unspecified atom stereocenters. The van der Waals surface area contributed by atoms with Crippen LogP contribution in [0.15, 0.2) is 24.3 Å². The van der Waals surface area contributed by atoms with Crippen LogP contribution in [0.25, 0.3) is 0 Å². The number of carbonyl (C=O) groups is 2. The highest BCUT2D eigenvalue weighted by Crippen LogP contribution is 2.02. The van der Waals surface area contributed by atoms with Gasteiger partial charge in [-0.1, -0.05) is 12.1 Å². The van der Waals surface area contributed by atoms with Crippen molar-refractivity contribution in [2.24, 2.45) is 0 Å². The molecule has 0 saturated heterocycles. The summed E-state index contributed by atoms with van der Waals surface area (Å²) >= 11 is 0. The fraction of sp³-hybridized carbons (Fsp3) is 0.429. The van der Waals surface area contributed by atoms with Gasteiger partial charge < -0.3 is 15.7 Å². The molecule has 0 radical (unpaired) electrons. The van der Waals surface area contributed by atoms with Crippen molar-refractivity contribution in [1.82, 2.24) is 10.6 Å². The third-order valence-electron chi connectivity index (χ3n) is 2.78. The van der Waals surface area contributed by atoms with Crippen LogP contribution in [0, 0.1) is 5.82 Å². The summed E-state index contributed by atoms with van der Waals surface area (Å²) in [6.45, 7) is 2.19. The lowest BCUT2D eigenvalue weighted by Gasteiger charge is -2.13. The van der Waals surface area contributed by atoms with Gasteiger partial charge in [0.2, 0.25) is 0 Å². The van der Waals surface area contributed by atoms with Gasteiger partial charge >= 0.3 is 12.0 Å². The highest BCUT2D eigenvalue weighted by molar-refractivity contribution is 5.74. The largest absolute Gasteiger partial charge is 0.481 e. The van der Waals surface area contributed by atoms with E-state index in [2.05, 4.69) is 10.6 Å². The monoisotopic (exact) mass is 282 g/mol. The quantitative estimate of drug-likeness (QED) is 0.715. The minimum absolute atomic E-state index is 0.0248. The van der Waals surface area contributed by atoms with Crippen LogP contribution >= 0.6 is 0 Å². The molecule has 20 heavy (non-hydrogen) atoms. The third-order valence-corrected chi connectivity index (χ3v) is 2.78. The van der Waals surface area contributed by atoms with E-state index in [-0.39, 0.29) is 24.3 Å². The second-order valence-corrected chi connectivity index (χ2v) is 4.61. The molecule has 0 heterocycles. The average molecular weight is 282 g/mol. The van der Waals surface area contributed by atoms with Gasteiger partial charge in [-0.15, -0.1) is 0 Å². The van der Waals surface area contributed by atoms with Crippen molar-refractivity contribution >= 4 is 12.0 Å². The zero-order valence-electron chi connectivity index (χ0n) is 11.4. The van der Waals surface area contributed by atoms with Crippen LogP contribution in [0.2, 0.25) is 0 Å². The van der Waals surface area contributed by atoms with Crippen LogP contribution in [0.5, 0.6) is 0 Å². The van der Waals surface area contributed by atoms with Crippen LogP contribution in [-0.4, -0.2) is 29.7 Å². The minimum atomic E-state index is -0.879. The van der Waals surface area contributed by atoms with Gasteiger partial charge in [0.05, 0.1) is 0 Å². The Kier molecular flexibility index (Phi) is 6.49. The van der Waals surface area contributed by atoms with Gasteiger partial charge in [-0.25, -0.2) is 9.18 Å². The zero-order chi connectivity index (χ0) is 15.0. The van der Waals surface area contributed by atoms with Crippen molar-refractivity contribution in [3.8, 4) is 0 Å². The van der Waals surface area contributed by atoms with Gasteiger partial charge in [0.25, 0.3) is 0 Å². The van der Waals surface area contributed by atoms with E-state index in [4.69, 9.17) is 5.11 Å². The van der Waals surface area contributed by atoms with E-state index in [1.165, 1.54) is 12.1 Å². The summed E-state index contributed by atoms with van der Waals surface area (Å²) in [7, 11) is 0. The summed E-state index contributed by atoms with van der Waals surface area (Å²) in [5.74, 6) is -1.16. The maximum atomic E-state index is 12.7. The zero-order valence-corrected chi connectivity index (χ0v) is 11.4. The first-order valence-electron chi connectivity index (χ1n) is 6.48. The summed E-state index contributed by atoms with van der Waals surface area (Å²) < 4.78 is 12.7. The van der Waals surface area contributed by atoms with E-state index in [1.807, 2.05) is 0 Å². The molecule has 2 amide bonds. The number of hydrogen-bond acceptors (Lipinski definition) is 2. The van der Waals surface area contributed by atoms with Gasteiger partial charge in [0, 0.05) is 19.0 Å². The molecule has 0 saturated carbocycles.